The Kier molecular flexibility index (Phi) is 2.58. The van der Waals surface area contributed by atoms with E-state index in [9.17, 15) is 9.90 Å². The third-order valence-electron chi connectivity index (χ3n) is 10.3. The van der Waals surface area contributed by atoms with Crippen molar-refractivity contribution in [3.05, 3.63) is 12.2 Å². The number of fused-ring (bicyclic) bond motifs is 11. The first kappa shape index (κ1) is 14.4. The van der Waals surface area contributed by atoms with Gasteiger partial charge < -0.3 is 5.11 Å². The van der Waals surface area contributed by atoms with E-state index in [1.165, 1.54) is 38.5 Å². The van der Waals surface area contributed by atoms with E-state index in [-0.39, 0.29) is 11.3 Å². The summed E-state index contributed by atoms with van der Waals surface area (Å²) < 4.78 is 0. The zero-order valence-corrected chi connectivity index (χ0v) is 14.8. The average Bonchev–Trinajstić information content (AvgIpc) is 3.40. The molecule has 0 saturated heterocycles. The molecule has 6 bridgehead atoms. The largest absolute Gasteiger partial charge is 0.481 e. The monoisotopic (exact) mass is 326 g/mol. The first-order valence-corrected chi connectivity index (χ1v) is 10.5. The minimum absolute atomic E-state index is 0.103. The Morgan fingerprint density at radius 2 is 1.88 bits per heavy atom. The Labute approximate surface area is 145 Å². The van der Waals surface area contributed by atoms with E-state index in [1.54, 1.807) is 0 Å². The number of allylic oxidation sites excluding steroid dienone is 2. The van der Waals surface area contributed by atoms with Gasteiger partial charge in [0.1, 0.15) is 0 Å². The van der Waals surface area contributed by atoms with E-state index in [0.717, 1.165) is 48.3 Å². The molecular weight excluding hydrogens is 296 g/mol. The van der Waals surface area contributed by atoms with Crippen LogP contribution in [0.2, 0.25) is 0 Å². The van der Waals surface area contributed by atoms with E-state index in [2.05, 4.69) is 19.1 Å². The molecule has 6 aliphatic rings. The molecule has 0 radical (unpaired) electrons. The Balaban J connectivity index is 1.41. The lowest BCUT2D eigenvalue weighted by Gasteiger charge is -2.55. The lowest BCUT2D eigenvalue weighted by Crippen LogP contribution is -2.48. The van der Waals surface area contributed by atoms with Crippen LogP contribution in [0, 0.1) is 58.2 Å². The summed E-state index contributed by atoms with van der Waals surface area (Å²) in [4.78, 5) is 11.8. The van der Waals surface area contributed by atoms with Gasteiger partial charge in [-0.2, -0.15) is 0 Å². The number of rotatable bonds is 3. The minimum Gasteiger partial charge on any atom is -0.481 e. The Morgan fingerprint density at radius 3 is 2.58 bits per heavy atom. The van der Waals surface area contributed by atoms with Crippen molar-refractivity contribution in [1.82, 2.24) is 0 Å². The van der Waals surface area contributed by atoms with Crippen LogP contribution in [0.1, 0.15) is 58.3 Å². The molecule has 5 fully saturated rings. The molecule has 6 rings (SSSR count). The van der Waals surface area contributed by atoms with E-state index in [1.807, 2.05) is 0 Å². The second-order valence-corrected chi connectivity index (χ2v) is 10.3. The molecular formula is C22H30O2. The van der Waals surface area contributed by atoms with Gasteiger partial charge in [-0.15, -0.1) is 0 Å². The number of carbonyl (C=O) groups is 1. The molecule has 6 aliphatic carbocycles. The van der Waals surface area contributed by atoms with Crippen molar-refractivity contribution in [1.29, 1.82) is 0 Å². The van der Waals surface area contributed by atoms with Gasteiger partial charge in [0.2, 0.25) is 0 Å². The zero-order valence-electron chi connectivity index (χ0n) is 14.8. The highest BCUT2D eigenvalue weighted by molar-refractivity contribution is 5.72. The predicted molar refractivity (Wildman–Crippen MR) is 92.2 cm³/mol. The Hall–Kier alpha value is -0.790. The van der Waals surface area contributed by atoms with Crippen LogP contribution in [0.3, 0.4) is 0 Å². The number of aliphatic carboxylic acids is 1. The van der Waals surface area contributed by atoms with Gasteiger partial charge in [0, 0.05) is 0 Å². The second kappa shape index (κ2) is 4.30. The fraction of sp³-hybridized carbons (Fsp3) is 0.864. The average molecular weight is 326 g/mol. The van der Waals surface area contributed by atoms with Gasteiger partial charge in [-0.3, -0.25) is 4.79 Å². The summed E-state index contributed by atoms with van der Waals surface area (Å²) in [7, 11) is 0. The lowest BCUT2D eigenvalue weighted by atomic mass is 9.49. The van der Waals surface area contributed by atoms with Gasteiger partial charge >= 0.3 is 5.97 Å². The number of carboxylic acid groups (broad SMARTS) is 1. The van der Waals surface area contributed by atoms with Crippen molar-refractivity contribution in [3.8, 4) is 0 Å². The molecule has 0 aromatic rings. The molecule has 0 aromatic carbocycles. The first-order chi connectivity index (χ1) is 11.6. The van der Waals surface area contributed by atoms with E-state index < -0.39 is 5.97 Å². The third-order valence-corrected chi connectivity index (χ3v) is 10.3. The molecule has 24 heavy (non-hydrogen) atoms. The van der Waals surface area contributed by atoms with Crippen LogP contribution in [-0.2, 0) is 4.79 Å². The molecule has 10 unspecified atom stereocenters. The predicted octanol–water partition coefficient (Wildman–Crippen LogP) is 4.75. The molecule has 2 heteroatoms. The van der Waals surface area contributed by atoms with Crippen molar-refractivity contribution in [2.24, 2.45) is 58.2 Å². The molecule has 0 heterocycles. The molecule has 10 atom stereocenters. The Bertz CT molecular complexity index is 638. The van der Waals surface area contributed by atoms with Gasteiger partial charge in [0.15, 0.2) is 0 Å². The van der Waals surface area contributed by atoms with Crippen LogP contribution in [0.15, 0.2) is 12.2 Å². The van der Waals surface area contributed by atoms with Gasteiger partial charge in [-0.25, -0.2) is 0 Å². The van der Waals surface area contributed by atoms with Crippen LogP contribution in [-0.4, -0.2) is 11.1 Å². The summed E-state index contributed by atoms with van der Waals surface area (Å²) in [6, 6.07) is 0. The smallest absolute Gasteiger partial charge is 0.307 e. The van der Waals surface area contributed by atoms with E-state index in [0.29, 0.717) is 11.3 Å². The van der Waals surface area contributed by atoms with E-state index >= 15 is 0 Å². The molecule has 1 N–H and O–H groups in total. The van der Waals surface area contributed by atoms with Gasteiger partial charge in [-0.1, -0.05) is 19.1 Å². The fourth-order valence-electron chi connectivity index (χ4n) is 9.76. The summed E-state index contributed by atoms with van der Waals surface area (Å²) in [5, 5.41) is 9.68. The van der Waals surface area contributed by atoms with Gasteiger partial charge in [-0.05, 0) is 104 Å². The van der Waals surface area contributed by atoms with Crippen molar-refractivity contribution in [3.63, 3.8) is 0 Å². The zero-order chi connectivity index (χ0) is 16.3. The molecule has 0 amide bonds. The minimum atomic E-state index is -0.543. The van der Waals surface area contributed by atoms with Crippen molar-refractivity contribution < 1.29 is 9.90 Å². The standard InChI is InChI=1S/C22H30O2/c1-2-22(21-6-5-14(9-21)16(11-21)20(23)24)10-15-8-17(22)19-13-4-3-12(7-13)18(15)19/h5-6,12-19H,2-4,7-11H2,1H3,(H,23,24). The molecule has 5 saturated carbocycles. The van der Waals surface area contributed by atoms with E-state index in [4.69, 9.17) is 0 Å². The molecule has 0 aliphatic heterocycles. The summed E-state index contributed by atoms with van der Waals surface area (Å²) in [6.07, 6.45) is 15.6. The van der Waals surface area contributed by atoms with Crippen LogP contribution < -0.4 is 0 Å². The van der Waals surface area contributed by atoms with Gasteiger partial charge in [0.25, 0.3) is 0 Å². The molecule has 0 spiro atoms. The lowest BCUT2D eigenvalue weighted by molar-refractivity contribution is -0.143. The normalized spacial score (nSPS) is 61.9. The second-order valence-electron chi connectivity index (χ2n) is 10.3. The highest BCUT2D eigenvalue weighted by Gasteiger charge is 2.72. The maximum atomic E-state index is 11.8. The number of hydrogen-bond donors (Lipinski definition) is 1. The summed E-state index contributed by atoms with van der Waals surface area (Å²) >= 11 is 0. The number of hydrogen-bond acceptors (Lipinski definition) is 1. The van der Waals surface area contributed by atoms with Crippen molar-refractivity contribution in [2.45, 2.75) is 58.3 Å². The van der Waals surface area contributed by atoms with Crippen LogP contribution in [0.5, 0.6) is 0 Å². The highest BCUT2D eigenvalue weighted by atomic mass is 16.4. The highest BCUT2D eigenvalue weighted by Crippen LogP contribution is 2.79. The topological polar surface area (TPSA) is 37.3 Å². The quantitative estimate of drug-likeness (QED) is 0.600. The molecule has 0 aromatic heterocycles. The summed E-state index contributed by atoms with van der Waals surface area (Å²) in [6.45, 7) is 2.42. The Morgan fingerprint density at radius 1 is 1.08 bits per heavy atom. The van der Waals surface area contributed by atoms with Gasteiger partial charge in [0.05, 0.1) is 5.92 Å². The molecule has 130 valence electrons. The maximum Gasteiger partial charge on any atom is 0.307 e. The summed E-state index contributed by atoms with van der Waals surface area (Å²) in [5.74, 6) is 5.70. The maximum absolute atomic E-state index is 11.8. The summed E-state index contributed by atoms with van der Waals surface area (Å²) in [5.41, 5.74) is 0.653. The SMILES string of the molecule is CCC1(C23C=CC(C2)C(C(=O)O)C3)CC2CC1C1C3CCC(C3)C21. The van der Waals surface area contributed by atoms with Crippen molar-refractivity contribution >= 4 is 5.97 Å². The van der Waals surface area contributed by atoms with Crippen molar-refractivity contribution in [2.75, 3.05) is 0 Å². The van der Waals surface area contributed by atoms with Crippen LogP contribution in [0.4, 0.5) is 0 Å². The molecule has 2 nitrogen and oxygen atoms in total. The fourth-order valence-corrected chi connectivity index (χ4v) is 9.76. The van der Waals surface area contributed by atoms with Crippen LogP contribution >= 0.6 is 0 Å². The van der Waals surface area contributed by atoms with Crippen LogP contribution in [0.25, 0.3) is 0 Å². The third kappa shape index (κ3) is 1.38. The first-order valence-electron chi connectivity index (χ1n) is 10.5. The number of carboxylic acids is 1.